The fourth-order valence-electron chi connectivity index (χ4n) is 2.49. The third-order valence-corrected chi connectivity index (χ3v) is 3.42. The fraction of sp³-hybridized carbons (Fsp3) is 0.636. The van der Waals surface area contributed by atoms with Gasteiger partial charge < -0.3 is 10.5 Å². The summed E-state index contributed by atoms with van der Waals surface area (Å²) in [5, 5.41) is 0. The molecular formula is C11H15N3O. The number of hydrogen-bond donors (Lipinski definition) is 1. The maximum absolute atomic E-state index is 5.67. The van der Waals surface area contributed by atoms with E-state index in [4.69, 9.17) is 10.5 Å². The lowest BCUT2D eigenvalue weighted by Gasteiger charge is -2.25. The summed E-state index contributed by atoms with van der Waals surface area (Å²) in [7, 11) is 0. The number of epoxide rings is 1. The van der Waals surface area contributed by atoms with Crippen LogP contribution in [0.4, 0.5) is 5.82 Å². The van der Waals surface area contributed by atoms with Gasteiger partial charge in [-0.3, -0.25) is 0 Å². The topological polar surface area (TPSA) is 64.3 Å². The first-order valence-electron chi connectivity index (χ1n) is 5.50. The minimum Gasteiger partial charge on any atom is -0.384 e. The first kappa shape index (κ1) is 9.09. The Balaban J connectivity index is 1.81. The van der Waals surface area contributed by atoms with E-state index in [1.165, 1.54) is 12.8 Å². The molecule has 4 heteroatoms. The molecule has 4 nitrogen and oxygen atoms in total. The van der Waals surface area contributed by atoms with E-state index in [1.807, 2.05) is 0 Å². The molecule has 3 rings (SSSR count). The normalized spacial score (nSPS) is 34.3. The van der Waals surface area contributed by atoms with Gasteiger partial charge in [0.15, 0.2) is 0 Å². The molecule has 1 aliphatic carbocycles. The average molecular weight is 205 g/mol. The van der Waals surface area contributed by atoms with Gasteiger partial charge in [0.25, 0.3) is 0 Å². The second-order valence-electron chi connectivity index (χ2n) is 4.60. The predicted molar refractivity (Wildman–Crippen MR) is 56.3 cm³/mol. The molecule has 1 aromatic heterocycles. The summed E-state index contributed by atoms with van der Waals surface area (Å²) in [4.78, 5) is 8.61. The van der Waals surface area contributed by atoms with Crippen LogP contribution < -0.4 is 5.73 Å². The molecule has 1 aliphatic heterocycles. The lowest BCUT2D eigenvalue weighted by Crippen LogP contribution is -2.23. The Hall–Kier alpha value is -1.16. The van der Waals surface area contributed by atoms with Gasteiger partial charge in [-0.25, -0.2) is 9.97 Å². The SMILES string of the molecule is Nc1ccnc([C@H]2CCC[C@@]3(CO3)C2)n1. The van der Waals surface area contributed by atoms with Crippen LogP contribution in [0.25, 0.3) is 0 Å². The van der Waals surface area contributed by atoms with Crippen LogP contribution in [-0.4, -0.2) is 22.2 Å². The maximum atomic E-state index is 5.67. The van der Waals surface area contributed by atoms with Gasteiger partial charge in [-0.1, -0.05) is 0 Å². The van der Waals surface area contributed by atoms with Gasteiger partial charge in [0, 0.05) is 12.1 Å². The summed E-state index contributed by atoms with van der Waals surface area (Å²) >= 11 is 0. The van der Waals surface area contributed by atoms with E-state index >= 15 is 0 Å². The monoisotopic (exact) mass is 205 g/mol. The third-order valence-electron chi connectivity index (χ3n) is 3.42. The van der Waals surface area contributed by atoms with Crippen LogP contribution in [0, 0.1) is 0 Å². The highest BCUT2D eigenvalue weighted by atomic mass is 16.6. The number of aromatic nitrogens is 2. The molecule has 0 amide bonds. The van der Waals surface area contributed by atoms with Crippen molar-refractivity contribution in [3.8, 4) is 0 Å². The van der Waals surface area contributed by atoms with Gasteiger partial charge in [-0.05, 0) is 31.7 Å². The van der Waals surface area contributed by atoms with Crippen molar-refractivity contribution in [2.24, 2.45) is 0 Å². The van der Waals surface area contributed by atoms with E-state index in [1.54, 1.807) is 12.3 Å². The number of rotatable bonds is 1. The molecule has 0 aromatic carbocycles. The molecule has 1 aromatic rings. The van der Waals surface area contributed by atoms with E-state index in [0.29, 0.717) is 11.7 Å². The summed E-state index contributed by atoms with van der Waals surface area (Å²) in [6.45, 7) is 0.922. The molecule has 2 heterocycles. The lowest BCUT2D eigenvalue weighted by molar-refractivity contribution is 0.216. The number of nitrogen functional groups attached to an aromatic ring is 1. The summed E-state index contributed by atoms with van der Waals surface area (Å²) in [5.74, 6) is 1.89. The quantitative estimate of drug-likeness (QED) is 0.705. The largest absolute Gasteiger partial charge is 0.384 e. The van der Waals surface area contributed by atoms with Crippen LogP contribution in [0.5, 0.6) is 0 Å². The Morgan fingerprint density at radius 3 is 3.13 bits per heavy atom. The summed E-state index contributed by atoms with van der Waals surface area (Å²) in [6.07, 6.45) is 6.38. The Morgan fingerprint density at radius 1 is 1.53 bits per heavy atom. The van der Waals surface area contributed by atoms with Crippen molar-refractivity contribution in [3.63, 3.8) is 0 Å². The summed E-state index contributed by atoms with van der Waals surface area (Å²) in [5.41, 5.74) is 5.84. The van der Waals surface area contributed by atoms with Gasteiger partial charge in [0.2, 0.25) is 0 Å². The highest BCUT2D eigenvalue weighted by Gasteiger charge is 2.48. The van der Waals surface area contributed by atoms with Crippen molar-refractivity contribution in [1.82, 2.24) is 9.97 Å². The van der Waals surface area contributed by atoms with Gasteiger partial charge >= 0.3 is 0 Å². The lowest BCUT2D eigenvalue weighted by atomic mass is 9.81. The molecule has 1 spiro atoms. The zero-order chi connectivity index (χ0) is 10.3. The highest BCUT2D eigenvalue weighted by molar-refractivity contribution is 5.26. The van der Waals surface area contributed by atoms with E-state index in [2.05, 4.69) is 9.97 Å². The van der Waals surface area contributed by atoms with Crippen LogP contribution >= 0.6 is 0 Å². The Labute approximate surface area is 88.9 Å². The molecule has 0 unspecified atom stereocenters. The van der Waals surface area contributed by atoms with E-state index < -0.39 is 0 Å². The summed E-state index contributed by atoms with van der Waals surface area (Å²) in [6, 6.07) is 1.73. The third kappa shape index (κ3) is 1.69. The standard InChI is InChI=1S/C11H15N3O/c12-9-3-5-13-10(14-9)8-2-1-4-11(6-8)7-15-11/h3,5,8H,1-2,4,6-7H2,(H2,12,13,14)/t8-,11-/m0/s1. The van der Waals surface area contributed by atoms with Gasteiger partial charge in [-0.2, -0.15) is 0 Å². The first-order chi connectivity index (χ1) is 7.27. The van der Waals surface area contributed by atoms with Gasteiger partial charge in [0.05, 0.1) is 12.2 Å². The molecule has 1 saturated carbocycles. The van der Waals surface area contributed by atoms with Crippen LogP contribution in [-0.2, 0) is 4.74 Å². The van der Waals surface area contributed by atoms with Crippen LogP contribution in [0.1, 0.15) is 37.4 Å². The Bertz CT molecular complexity index is 376. The molecule has 0 bridgehead atoms. The number of nitrogens with zero attached hydrogens (tertiary/aromatic N) is 2. The zero-order valence-corrected chi connectivity index (χ0v) is 8.65. The van der Waals surface area contributed by atoms with Crippen molar-refractivity contribution in [1.29, 1.82) is 0 Å². The Kier molecular flexibility index (Phi) is 1.92. The Morgan fingerprint density at radius 2 is 2.40 bits per heavy atom. The predicted octanol–water partition coefficient (Wildman–Crippen LogP) is 1.49. The maximum Gasteiger partial charge on any atom is 0.133 e. The van der Waals surface area contributed by atoms with Crippen LogP contribution in [0.2, 0.25) is 0 Å². The number of anilines is 1. The first-order valence-corrected chi connectivity index (χ1v) is 5.50. The smallest absolute Gasteiger partial charge is 0.133 e. The average Bonchev–Trinajstić information content (AvgIpc) is 2.98. The van der Waals surface area contributed by atoms with Crippen molar-refractivity contribution in [2.45, 2.75) is 37.2 Å². The van der Waals surface area contributed by atoms with Gasteiger partial charge in [-0.15, -0.1) is 0 Å². The molecular weight excluding hydrogens is 190 g/mol. The fourth-order valence-corrected chi connectivity index (χ4v) is 2.49. The minimum absolute atomic E-state index is 0.177. The number of hydrogen-bond acceptors (Lipinski definition) is 4. The van der Waals surface area contributed by atoms with Gasteiger partial charge in [0.1, 0.15) is 11.6 Å². The van der Waals surface area contributed by atoms with Crippen molar-refractivity contribution < 1.29 is 4.74 Å². The molecule has 80 valence electrons. The van der Waals surface area contributed by atoms with Crippen LogP contribution in [0.15, 0.2) is 12.3 Å². The van der Waals surface area contributed by atoms with Crippen molar-refractivity contribution in [2.75, 3.05) is 12.3 Å². The molecule has 0 radical (unpaired) electrons. The van der Waals surface area contributed by atoms with E-state index in [-0.39, 0.29) is 5.60 Å². The number of nitrogens with two attached hydrogens (primary N) is 1. The van der Waals surface area contributed by atoms with Crippen molar-refractivity contribution >= 4 is 5.82 Å². The molecule has 2 fully saturated rings. The van der Waals surface area contributed by atoms with Crippen LogP contribution in [0.3, 0.4) is 0 Å². The second-order valence-corrected chi connectivity index (χ2v) is 4.60. The minimum atomic E-state index is 0.177. The second kappa shape index (κ2) is 3.17. The van der Waals surface area contributed by atoms with E-state index in [9.17, 15) is 0 Å². The molecule has 2 aliphatic rings. The zero-order valence-electron chi connectivity index (χ0n) is 8.65. The molecule has 15 heavy (non-hydrogen) atoms. The highest BCUT2D eigenvalue weighted by Crippen LogP contribution is 2.46. The molecule has 1 saturated heterocycles. The summed E-state index contributed by atoms with van der Waals surface area (Å²) < 4.78 is 5.53. The molecule has 2 N–H and O–H groups in total. The number of ether oxygens (including phenoxy) is 1. The van der Waals surface area contributed by atoms with E-state index in [0.717, 1.165) is 25.3 Å². The molecule has 2 atom stereocenters. The van der Waals surface area contributed by atoms with Crippen molar-refractivity contribution in [3.05, 3.63) is 18.1 Å².